The summed E-state index contributed by atoms with van der Waals surface area (Å²) in [7, 11) is 0. The largest absolute Gasteiger partial charge is 0.504 e. The Kier molecular flexibility index (Phi) is 2.88. The van der Waals surface area contributed by atoms with Crippen molar-refractivity contribution in [2.45, 2.75) is 26.4 Å². The number of carbonyl (C=O) groups is 1. The molecule has 0 aromatic heterocycles. The van der Waals surface area contributed by atoms with Crippen LogP contribution in [0.5, 0.6) is 11.5 Å². The Hall–Kier alpha value is -1.71. The highest BCUT2D eigenvalue weighted by Gasteiger charge is 2.21. The van der Waals surface area contributed by atoms with Gasteiger partial charge < -0.3 is 14.9 Å². The number of para-hydroxylation sites is 1. The second-order valence-corrected chi connectivity index (χ2v) is 4.18. The molecule has 4 nitrogen and oxygen atoms in total. The van der Waals surface area contributed by atoms with E-state index in [0.29, 0.717) is 0 Å². The van der Waals surface area contributed by atoms with E-state index in [1.165, 1.54) is 18.2 Å². The van der Waals surface area contributed by atoms with Crippen LogP contribution in [-0.4, -0.2) is 21.8 Å². The van der Waals surface area contributed by atoms with E-state index >= 15 is 0 Å². The molecule has 1 rings (SSSR count). The molecule has 0 spiro atoms. The molecule has 1 aromatic carbocycles. The van der Waals surface area contributed by atoms with Gasteiger partial charge in [-0.2, -0.15) is 0 Å². The maximum absolute atomic E-state index is 11.5. The Bertz CT molecular complexity index is 377. The van der Waals surface area contributed by atoms with Crippen molar-refractivity contribution in [3.8, 4) is 11.5 Å². The third kappa shape index (κ3) is 2.87. The fourth-order valence-electron chi connectivity index (χ4n) is 1.03. The highest BCUT2D eigenvalue weighted by Crippen LogP contribution is 2.29. The zero-order valence-corrected chi connectivity index (χ0v) is 8.94. The molecule has 1 aromatic rings. The van der Waals surface area contributed by atoms with E-state index in [1.807, 2.05) is 0 Å². The number of hydrogen-bond acceptors (Lipinski definition) is 4. The minimum atomic E-state index is -0.657. The maximum Gasteiger partial charge on any atom is 0.342 e. The second-order valence-electron chi connectivity index (χ2n) is 4.18. The van der Waals surface area contributed by atoms with Gasteiger partial charge in [-0.25, -0.2) is 4.79 Å². The normalized spacial score (nSPS) is 11.1. The molecule has 0 aliphatic heterocycles. The van der Waals surface area contributed by atoms with Gasteiger partial charge in [-0.1, -0.05) is 6.07 Å². The molecule has 0 saturated heterocycles. The fourth-order valence-corrected chi connectivity index (χ4v) is 1.03. The van der Waals surface area contributed by atoms with Gasteiger partial charge in [0.25, 0.3) is 0 Å². The minimum absolute atomic E-state index is 0.0371. The van der Waals surface area contributed by atoms with Crippen LogP contribution in [0.3, 0.4) is 0 Å². The Morgan fingerprint density at radius 2 is 1.87 bits per heavy atom. The Morgan fingerprint density at radius 1 is 1.27 bits per heavy atom. The number of carbonyl (C=O) groups excluding carboxylic acids is 1. The standard InChI is InChI=1S/C11H14O4/c1-11(2,3)15-10(14)7-5-4-6-8(12)9(7)13/h4-6,12-13H,1-3H3. The van der Waals surface area contributed by atoms with E-state index < -0.39 is 17.3 Å². The van der Waals surface area contributed by atoms with Crippen molar-refractivity contribution >= 4 is 5.97 Å². The molecule has 0 unspecified atom stereocenters. The first-order valence-corrected chi connectivity index (χ1v) is 4.55. The molecular weight excluding hydrogens is 196 g/mol. The summed E-state index contributed by atoms with van der Waals surface area (Å²) >= 11 is 0. The van der Waals surface area contributed by atoms with E-state index in [-0.39, 0.29) is 11.3 Å². The van der Waals surface area contributed by atoms with Crippen molar-refractivity contribution in [3.63, 3.8) is 0 Å². The topological polar surface area (TPSA) is 66.8 Å². The van der Waals surface area contributed by atoms with E-state index in [9.17, 15) is 15.0 Å². The van der Waals surface area contributed by atoms with Crippen LogP contribution in [-0.2, 0) is 4.74 Å². The summed E-state index contributed by atoms with van der Waals surface area (Å²) in [6.07, 6.45) is 0. The lowest BCUT2D eigenvalue weighted by molar-refractivity contribution is 0.00662. The highest BCUT2D eigenvalue weighted by molar-refractivity contribution is 5.93. The van der Waals surface area contributed by atoms with Gasteiger partial charge in [-0.15, -0.1) is 0 Å². The van der Waals surface area contributed by atoms with Gasteiger partial charge in [0.05, 0.1) is 0 Å². The summed E-state index contributed by atoms with van der Waals surface area (Å²) in [6, 6.07) is 4.15. The number of benzene rings is 1. The summed E-state index contributed by atoms with van der Waals surface area (Å²) in [4.78, 5) is 11.5. The molecule has 4 heteroatoms. The number of rotatable bonds is 1. The van der Waals surface area contributed by atoms with Gasteiger partial charge in [-0.3, -0.25) is 0 Å². The number of hydrogen-bond donors (Lipinski definition) is 2. The van der Waals surface area contributed by atoms with Crippen molar-refractivity contribution in [3.05, 3.63) is 23.8 Å². The molecule has 0 radical (unpaired) electrons. The fraction of sp³-hybridized carbons (Fsp3) is 0.364. The SMILES string of the molecule is CC(C)(C)OC(=O)c1cccc(O)c1O. The number of ether oxygens (including phenoxy) is 1. The zero-order chi connectivity index (χ0) is 11.6. The van der Waals surface area contributed by atoms with Gasteiger partial charge in [0.2, 0.25) is 0 Å². The van der Waals surface area contributed by atoms with Crippen LogP contribution in [0.4, 0.5) is 0 Å². The minimum Gasteiger partial charge on any atom is -0.504 e. The average Bonchev–Trinajstić information content (AvgIpc) is 2.06. The van der Waals surface area contributed by atoms with Crippen molar-refractivity contribution in [2.75, 3.05) is 0 Å². The predicted molar refractivity (Wildman–Crippen MR) is 54.9 cm³/mol. The summed E-state index contributed by atoms with van der Waals surface area (Å²) in [6.45, 7) is 5.18. The summed E-state index contributed by atoms with van der Waals surface area (Å²) < 4.78 is 5.05. The van der Waals surface area contributed by atoms with Crippen LogP contribution >= 0.6 is 0 Å². The first-order chi connectivity index (χ1) is 6.81. The van der Waals surface area contributed by atoms with E-state index in [0.717, 1.165) is 0 Å². The van der Waals surface area contributed by atoms with Gasteiger partial charge >= 0.3 is 5.97 Å². The lowest BCUT2D eigenvalue weighted by Gasteiger charge is -2.19. The average molecular weight is 210 g/mol. The van der Waals surface area contributed by atoms with Crippen molar-refractivity contribution < 1.29 is 19.7 Å². The molecule has 0 amide bonds. The zero-order valence-electron chi connectivity index (χ0n) is 8.94. The van der Waals surface area contributed by atoms with E-state index in [1.54, 1.807) is 20.8 Å². The molecule has 0 aliphatic carbocycles. The van der Waals surface area contributed by atoms with Gasteiger partial charge in [0.15, 0.2) is 11.5 Å². The Balaban J connectivity index is 2.97. The Labute approximate surface area is 88.1 Å². The smallest absolute Gasteiger partial charge is 0.342 e. The Morgan fingerprint density at radius 3 is 2.40 bits per heavy atom. The highest BCUT2D eigenvalue weighted by atomic mass is 16.6. The lowest BCUT2D eigenvalue weighted by Crippen LogP contribution is -2.23. The van der Waals surface area contributed by atoms with Crippen LogP contribution < -0.4 is 0 Å². The number of esters is 1. The van der Waals surface area contributed by atoms with Gasteiger partial charge in [0, 0.05) is 0 Å². The van der Waals surface area contributed by atoms with Crippen molar-refractivity contribution in [1.29, 1.82) is 0 Å². The monoisotopic (exact) mass is 210 g/mol. The molecule has 15 heavy (non-hydrogen) atoms. The quantitative estimate of drug-likeness (QED) is 0.550. The molecule has 0 fully saturated rings. The molecule has 0 atom stereocenters. The van der Waals surface area contributed by atoms with E-state index in [2.05, 4.69) is 0 Å². The summed E-state index contributed by atoms with van der Waals surface area (Å²) in [5, 5.41) is 18.6. The predicted octanol–water partition coefficient (Wildman–Crippen LogP) is 2.05. The molecule has 0 saturated carbocycles. The molecule has 82 valence electrons. The molecule has 0 heterocycles. The van der Waals surface area contributed by atoms with Crippen molar-refractivity contribution in [2.24, 2.45) is 0 Å². The first-order valence-electron chi connectivity index (χ1n) is 4.55. The van der Waals surface area contributed by atoms with Crippen LogP contribution in [0.2, 0.25) is 0 Å². The lowest BCUT2D eigenvalue weighted by atomic mass is 10.1. The van der Waals surface area contributed by atoms with Crippen molar-refractivity contribution in [1.82, 2.24) is 0 Å². The number of phenolic OH excluding ortho intramolecular Hbond substituents is 2. The third-order valence-electron chi connectivity index (χ3n) is 1.63. The third-order valence-corrected chi connectivity index (χ3v) is 1.63. The van der Waals surface area contributed by atoms with Gasteiger partial charge in [0.1, 0.15) is 11.2 Å². The maximum atomic E-state index is 11.5. The van der Waals surface area contributed by atoms with Crippen LogP contribution in [0.15, 0.2) is 18.2 Å². The molecule has 0 aliphatic rings. The molecule has 0 bridgehead atoms. The summed E-state index contributed by atoms with van der Waals surface area (Å²) in [5.41, 5.74) is -0.667. The molecule has 2 N–H and O–H groups in total. The summed E-state index contributed by atoms with van der Waals surface area (Å²) in [5.74, 6) is -1.44. The van der Waals surface area contributed by atoms with Crippen LogP contribution in [0.25, 0.3) is 0 Å². The number of aromatic hydroxyl groups is 2. The first kappa shape index (κ1) is 11.4. The molecular formula is C11H14O4. The van der Waals surface area contributed by atoms with E-state index in [4.69, 9.17) is 4.74 Å². The second kappa shape index (κ2) is 3.81. The van der Waals surface area contributed by atoms with Crippen LogP contribution in [0, 0.1) is 0 Å². The van der Waals surface area contributed by atoms with Crippen LogP contribution in [0.1, 0.15) is 31.1 Å². The van der Waals surface area contributed by atoms with Gasteiger partial charge in [-0.05, 0) is 32.9 Å². The number of phenols is 2.